The van der Waals surface area contributed by atoms with E-state index in [1.165, 1.54) is 30.2 Å². The fourth-order valence-corrected chi connectivity index (χ4v) is 5.80. The van der Waals surface area contributed by atoms with Crippen molar-refractivity contribution < 1.29 is 22.7 Å². The number of sulfonamides is 1. The molecule has 0 saturated carbocycles. The van der Waals surface area contributed by atoms with Crippen LogP contribution in [-0.4, -0.2) is 57.6 Å². The fraction of sp³-hybridized carbons (Fsp3) is 0.333. The minimum atomic E-state index is -3.95. The summed E-state index contributed by atoms with van der Waals surface area (Å²) in [6.45, 7) is 3.67. The van der Waals surface area contributed by atoms with Crippen LogP contribution >= 0.6 is 34.8 Å². The van der Waals surface area contributed by atoms with Gasteiger partial charge < -0.3 is 15.0 Å². The van der Waals surface area contributed by atoms with E-state index in [1.54, 1.807) is 18.2 Å². The van der Waals surface area contributed by atoms with E-state index in [9.17, 15) is 18.0 Å². The van der Waals surface area contributed by atoms with Gasteiger partial charge in [-0.3, -0.25) is 13.9 Å². The van der Waals surface area contributed by atoms with E-state index in [0.29, 0.717) is 27.9 Å². The lowest BCUT2D eigenvalue weighted by atomic mass is 10.0. The molecule has 0 aliphatic heterocycles. The van der Waals surface area contributed by atoms with Crippen LogP contribution in [-0.2, 0) is 32.6 Å². The molecule has 8 nitrogen and oxygen atoms in total. The fourth-order valence-electron chi connectivity index (χ4n) is 4.23. The lowest BCUT2D eigenvalue weighted by Crippen LogP contribution is -2.53. The Bertz CT molecular complexity index is 1500. The minimum absolute atomic E-state index is 0.0671. The zero-order valence-electron chi connectivity index (χ0n) is 23.8. The number of halogens is 3. The van der Waals surface area contributed by atoms with E-state index < -0.39 is 28.5 Å². The van der Waals surface area contributed by atoms with Crippen molar-refractivity contribution >= 4 is 62.3 Å². The van der Waals surface area contributed by atoms with Gasteiger partial charge in [0, 0.05) is 29.6 Å². The Labute approximate surface area is 262 Å². The summed E-state index contributed by atoms with van der Waals surface area (Å²) in [6, 6.07) is 17.6. The summed E-state index contributed by atoms with van der Waals surface area (Å²) < 4.78 is 32.0. The molecule has 12 heteroatoms. The maximum Gasteiger partial charge on any atom is 0.244 e. The van der Waals surface area contributed by atoms with E-state index in [2.05, 4.69) is 5.32 Å². The van der Waals surface area contributed by atoms with Crippen molar-refractivity contribution in [2.24, 2.45) is 5.92 Å². The van der Waals surface area contributed by atoms with Crippen LogP contribution in [0.15, 0.2) is 66.7 Å². The number of carbonyl (C=O) groups is 2. The number of nitrogens with one attached hydrogen (secondary N) is 1. The molecule has 0 heterocycles. The van der Waals surface area contributed by atoms with Crippen LogP contribution in [0.1, 0.15) is 25.0 Å². The highest BCUT2D eigenvalue weighted by molar-refractivity contribution is 7.92. The van der Waals surface area contributed by atoms with Gasteiger partial charge in [-0.15, -0.1) is 0 Å². The van der Waals surface area contributed by atoms with E-state index in [-0.39, 0.29) is 35.5 Å². The van der Waals surface area contributed by atoms with Gasteiger partial charge in [0.1, 0.15) is 18.3 Å². The summed E-state index contributed by atoms with van der Waals surface area (Å²) in [5.41, 5.74) is 1.54. The van der Waals surface area contributed by atoms with Crippen LogP contribution in [0.5, 0.6) is 5.75 Å². The molecule has 0 aromatic heterocycles. The quantitative estimate of drug-likeness (QED) is 0.250. The predicted octanol–water partition coefficient (Wildman–Crippen LogP) is 5.83. The molecule has 226 valence electrons. The molecule has 2 amide bonds. The van der Waals surface area contributed by atoms with Crippen molar-refractivity contribution in [3.63, 3.8) is 0 Å². The van der Waals surface area contributed by atoms with Crippen molar-refractivity contribution in [2.45, 2.75) is 32.9 Å². The van der Waals surface area contributed by atoms with Crippen LogP contribution in [0.2, 0.25) is 15.1 Å². The van der Waals surface area contributed by atoms with E-state index in [1.807, 2.05) is 44.2 Å². The molecule has 0 aliphatic rings. The first-order valence-electron chi connectivity index (χ1n) is 13.2. The molecule has 0 aliphatic carbocycles. The smallest absolute Gasteiger partial charge is 0.244 e. The Hall–Kier alpha value is -2.98. The van der Waals surface area contributed by atoms with Gasteiger partial charge in [0.25, 0.3) is 0 Å². The third-order valence-electron chi connectivity index (χ3n) is 6.41. The first-order chi connectivity index (χ1) is 19.8. The number of amides is 2. The second-order valence-corrected chi connectivity index (χ2v) is 13.3. The second-order valence-electron chi connectivity index (χ2n) is 10.2. The van der Waals surface area contributed by atoms with E-state index in [0.717, 1.165) is 16.1 Å². The Morgan fingerprint density at radius 2 is 1.64 bits per heavy atom. The highest BCUT2D eigenvalue weighted by Gasteiger charge is 2.33. The van der Waals surface area contributed by atoms with Gasteiger partial charge in [-0.05, 0) is 47.4 Å². The van der Waals surface area contributed by atoms with Gasteiger partial charge in [0.05, 0.1) is 24.1 Å². The standard InChI is InChI=1S/C30H34Cl3N3O5S/c1-20(2)17-34-30(38)27(14-21-8-6-5-7-9-21)35(18-22-10-11-23(31)15-25(22)32)29(37)19-36(42(4,39)40)24-12-13-28(41-3)26(33)16-24/h5-13,15-16,20,27H,14,17-19H2,1-4H3,(H,34,38). The average Bonchev–Trinajstić information content (AvgIpc) is 2.93. The van der Waals surface area contributed by atoms with Gasteiger partial charge >= 0.3 is 0 Å². The molecule has 0 fully saturated rings. The Balaban J connectivity index is 2.09. The topological polar surface area (TPSA) is 96.0 Å². The van der Waals surface area contributed by atoms with Crippen molar-refractivity contribution in [1.82, 2.24) is 10.2 Å². The molecule has 1 atom stereocenters. The van der Waals surface area contributed by atoms with Crippen LogP contribution < -0.4 is 14.4 Å². The Morgan fingerprint density at radius 3 is 2.21 bits per heavy atom. The Morgan fingerprint density at radius 1 is 0.952 bits per heavy atom. The van der Waals surface area contributed by atoms with Gasteiger partial charge in [-0.2, -0.15) is 0 Å². The lowest BCUT2D eigenvalue weighted by Gasteiger charge is -2.34. The summed E-state index contributed by atoms with van der Waals surface area (Å²) in [4.78, 5) is 29.2. The third kappa shape index (κ3) is 9.26. The normalized spacial score (nSPS) is 12.1. The molecular formula is C30H34Cl3N3O5S. The molecule has 1 unspecified atom stereocenters. The zero-order chi connectivity index (χ0) is 31.0. The minimum Gasteiger partial charge on any atom is -0.495 e. The summed E-state index contributed by atoms with van der Waals surface area (Å²) in [6.07, 6.45) is 1.19. The maximum absolute atomic E-state index is 14.2. The number of hydrogen-bond acceptors (Lipinski definition) is 5. The lowest BCUT2D eigenvalue weighted by molar-refractivity contribution is -0.140. The number of rotatable bonds is 13. The summed E-state index contributed by atoms with van der Waals surface area (Å²) in [5.74, 6) is -0.464. The van der Waals surface area contributed by atoms with Crippen molar-refractivity contribution in [2.75, 3.05) is 30.8 Å². The summed E-state index contributed by atoms with van der Waals surface area (Å²) >= 11 is 18.9. The molecule has 0 spiro atoms. The number of benzene rings is 3. The monoisotopic (exact) mass is 653 g/mol. The van der Waals surface area contributed by atoms with Gasteiger partial charge in [-0.1, -0.05) is 85.0 Å². The first-order valence-corrected chi connectivity index (χ1v) is 16.1. The van der Waals surface area contributed by atoms with E-state index in [4.69, 9.17) is 39.5 Å². The number of carbonyl (C=O) groups excluding carboxylic acids is 2. The number of methoxy groups -OCH3 is 1. The molecule has 3 rings (SSSR count). The number of ether oxygens (including phenoxy) is 1. The number of nitrogens with zero attached hydrogens (tertiary/aromatic N) is 2. The molecular weight excluding hydrogens is 621 g/mol. The van der Waals surface area contributed by atoms with Gasteiger partial charge in [-0.25, -0.2) is 8.42 Å². The highest BCUT2D eigenvalue weighted by atomic mass is 35.5. The van der Waals surface area contributed by atoms with Crippen molar-refractivity contribution in [1.29, 1.82) is 0 Å². The van der Waals surface area contributed by atoms with Crippen LogP contribution in [0, 0.1) is 5.92 Å². The maximum atomic E-state index is 14.2. The molecule has 42 heavy (non-hydrogen) atoms. The number of hydrogen-bond donors (Lipinski definition) is 1. The van der Waals surface area contributed by atoms with Gasteiger partial charge in [0.2, 0.25) is 21.8 Å². The predicted molar refractivity (Wildman–Crippen MR) is 169 cm³/mol. The SMILES string of the molecule is COc1ccc(N(CC(=O)N(Cc2ccc(Cl)cc2Cl)C(Cc2ccccc2)C(=O)NCC(C)C)S(C)(=O)=O)cc1Cl. The zero-order valence-corrected chi connectivity index (χ0v) is 26.9. The molecule has 0 saturated heterocycles. The molecule has 3 aromatic rings. The highest BCUT2D eigenvalue weighted by Crippen LogP contribution is 2.31. The Kier molecular flexibility index (Phi) is 11.9. The molecule has 1 N–H and O–H groups in total. The van der Waals surface area contributed by atoms with Crippen molar-refractivity contribution in [3.8, 4) is 5.75 Å². The van der Waals surface area contributed by atoms with Gasteiger partial charge in [0.15, 0.2) is 0 Å². The third-order valence-corrected chi connectivity index (χ3v) is 8.44. The summed E-state index contributed by atoms with van der Waals surface area (Å²) in [7, 11) is -2.51. The molecule has 3 aromatic carbocycles. The number of anilines is 1. The van der Waals surface area contributed by atoms with Crippen LogP contribution in [0.4, 0.5) is 5.69 Å². The van der Waals surface area contributed by atoms with Crippen LogP contribution in [0.3, 0.4) is 0 Å². The van der Waals surface area contributed by atoms with Crippen LogP contribution in [0.25, 0.3) is 0 Å². The van der Waals surface area contributed by atoms with Crippen molar-refractivity contribution in [3.05, 3.63) is 92.9 Å². The van der Waals surface area contributed by atoms with E-state index >= 15 is 0 Å². The molecule has 0 bridgehead atoms. The summed E-state index contributed by atoms with van der Waals surface area (Å²) in [5, 5.41) is 3.83. The average molecular weight is 655 g/mol. The second kappa shape index (κ2) is 15.0. The molecule has 0 radical (unpaired) electrons. The first kappa shape index (κ1) is 33.5. The largest absolute Gasteiger partial charge is 0.495 e.